The Bertz CT molecular complexity index is 1140. The van der Waals surface area contributed by atoms with E-state index in [0.29, 0.717) is 16.5 Å². The average Bonchev–Trinajstić information content (AvgIpc) is 3.17. The van der Waals surface area contributed by atoms with Gasteiger partial charge in [-0.1, -0.05) is 23.7 Å². The average molecular weight is 442 g/mol. The number of hydrogen-bond donors (Lipinski definition) is 1. The zero-order valence-corrected chi connectivity index (χ0v) is 18.5. The predicted molar refractivity (Wildman–Crippen MR) is 117 cm³/mol. The third kappa shape index (κ3) is 3.46. The molecule has 0 amide bonds. The summed E-state index contributed by atoms with van der Waals surface area (Å²) in [6, 6.07) is 14.9. The molecule has 6 nitrogen and oxygen atoms in total. The molecule has 31 heavy (non-hydrogen) atoms. The van der Waals surface area contributed by atoms with Gasteiger partial charge in [-0.15, -0.1) is 0 Å². The second-order valence-corrected chi connectivity index (χ2v) is 8.45. The molecular formula is C24H24ClNO5. The lowest BCUT2D eigenvalue weighted by Gasteiger charge is -2.33. The van der Waals surface area contributed by atoms with E-state index in [-0.39, 0.29) is 0 Å². The number of aliphatic carboxylic acids is 1. The molecule has 1 aliphatic rings. The molecule has 1 aliphatic heterocycles. The van der Waals surface area contributed by atoms with Gasteiger partial charge in [0.05, 0.1) is 31.0 Å². The molecule has 162 valence electrons. The molecular weight excluding hydrogens is 418 g/mol. The van der Waals surface area contributed by atoms with Gasteiger partial charge in [0.1, 0.15) is 12.2 Å². The van der Waals surface area contributed by atoms with Gasteiger partial charge in [-0.2, -0.15) is 0 Å². The topological polar surface area (TPSA) is 69.9 Å². The fourth-order valence-electron chi connectivity index (χ4n) is 4.07. The van der Waals surface area contributed by atoms with Crippen molar-refractivity contribution in [2.24, 2.45) is 5.41 Å². The van der Waals surface area contributed by atoms with Crippen molar-refractivity contribution in [3.63, 3.8) is 0 Å². The van der Waals surface area contributed by atoms with Crippen molar-refractivity contribution in [2.75, 3.05) is 14.2 Å². The number of carboxylic acid groups (broad SMARTS) is 1. The number of para-hydroxylation sites is 1. The molecule has 7 heteroatoms. The summed E-state index contributed by atoms with van der Waals surface area (Å²) in [7, 11) is 3.14. The van der Waals surface area contributed by atoms with Gasteiger partial charge in [-0.05, 0) is 50.2 Å². The standard InChI is InChI=1S/C24H24ClNO5/c1-24(2,23(27)28)22-18-8-6-12-26(18)17-11-10-14(25)13-16(17)20(31-22)15-7-5-9-19(29-3)21(15)30-4/h5-13,20,22H,1-4H3,(H,27,28). The molecule has 1 aromatic heterocycles. The Morgan fingerprint density at radius 1 is 1.10 bits per heavy atom. The Kier molecular flexibility index (Phi) is 5.45. The lowest BCUT2D eigenvalue weighted by molar-refractivity contribution is -0.160. The van der Waals surface area contributed by atoms with Crippen molar-refractivity contribution in [1.82, 2.24) is 4.57 Å². The molecule has 1 N–H and O–H groups in total. The number of methoxy groups -OCH3 is 2. The van der Waals surface area contributed by atoms with Crippen LogP contribution in [0.5, 0.6) is 11.5 Å². The van der Waals surface area contributed by atoms with Crippen molar-refractivity contribution in [1.29, 1.82) is 0 Å². The lowest BCUT2D eigenvalue weighted by Crippen LogP contribution is -2.34. The van der Waals surface area contributed by atoms with Crippen LogP contribution < -0.4 is 9.47 Å². The maximum atomic E-state index is 12.2. The SMILES string of the molecule is COc1cccc(C2OC(C(C)(C)C(=O)O)c3cccn3-c3ccc(Cl)cc32)c1OC. The summed E-state index contributed by atoms with van der Waals surface area (Å²) in [6.45, 7) is 3.33. The van der Waals surface area contributed by atoms with Crippen LogP contribution in [0.2, 0.25) is 5.02 Å². The molecule has 2 heterocycles. The minimum absolute atomic E-state index is 0.527. The first-order valence-corrected chi connectivity index (χ1v) is 10.2. The summed E-state index contributed by atoms with van der Waals surface area (Å²) in [5.41, 5.74) is 1.94. The van der Waals surface area contributed by atoms with Crippen LogP contribution in [0.15, 0.2) is 54.7 Å². The van der Waals surface area contributed by atoms with Gasteiger partial charge in [0.25, 0.3) is 0 Å². The summed E-state index contributed by atoms with van der Waals surface area (Å²) < 4.78 is 19.8. The number of ether oxygens (including phenoxy) is 3. The van der Waals surface area contributed by atoms with Crippen molar-refractivity contribution >= 4 is 17.6 Å². The van der Waals surface area contributed by atoms with Gasteiger partial charge < -0.3 is 23.9 Å². The number of carbonyl (C=O) groups is 1. The van der Waals surface area contributed by atoms with Crippen LogP contribution in [0.3, 0.4) is 0 Å². The summed E-state index contributed by atoms with van der Waals surface area (Å²) in [5, 5.41) is 10.5. The van der Waals surface area contributed by atoms with Crippen molar-refractivity contribution < 1.29 is 24.1 Å². The first-order chi connectivity index (χ1) is 14.8. The Morgan fingerprint density at radius 3 is 2.55 bits per heavy atom. The van der Waals surface area contributed by atoms with E-state index in [1.807, 2.05) is 53.2 Å². The van der Waals surface area contributed by atoms with E-state index in [0.717, 1.165) is 22.5 Å². The van der Waals surface area contributed by atoms with Gasteiger partial charge in [0.15, 0.2) is 11.5 Å². The molecule has 3 aromatic rings. The number of fused-ring (bicyclic) bond motifs is 3. The summed E-state index contributed by atoms with van der Waals surface area (Å²) in [5.74, 6) is 0.134. The smallest absolute Gasteiger partial charge is 0.312 e. The number of hydrogen-bond acceptors (Lipinski definition) is 4. The predicted octanol–water partition coefficient (Wildman–Crippen LogP) is 5.42. The van der Waals surface area contributed by atoms with Crippen LogP contribution in [0.4, 0.5) is 0 Å². The molecule has 0 radical (unpaired) electrons. The molecule has 0 fully saturated rings. The summed E-state index contributed by atoms with van der Waals surface area (Å²) >= 11 is 6.38. The van der Waals surface area contributed by atoms with Gasteiger partial charge in [0.2, 0.25) is 0 Å². The van der Waals surface area contributed by atoms with Crippen LogP contribution >= 0.6 is 11.6 Å². The first kappa shape index (κ1) is 21.3. The van der Waals surface area contributed by atoms with E-state index in [1.165, 1.54) is 0 Å². The summed E-state index contributed by atoms with van der Waals surface area (Å²) in [6.07, 6.45) is 0.524. The second-order valence-electron chi connectivity index (χ2n) is 8.01. The van der Waals surface area contributed by atoms with Crippen LogP contribution in [0.1, 0.15) is 42.9 Å². The van der Waals surface area contributed by atoms with Gasteiger partial charge in [0, 0.05) is 22.3 Å². The zero-order valence-electron chi connectivity index (χ0n) is 17.8. The number of halogens is 1. The van der Waals surface area contributed by atoms with E-state index in [9.17, 15) is 9.90 Å². The van der Waals surface area contributed by atoms with Crippen LogP contribution in [0.25, 0.3) is 5.69 Å². The minimum Gasteiger partial charge on any atom is -0.493 e. The fourth-order valence-corrected chi connectivity index (χ4v) is 4.25. The molecule has 2 atom stereocenters. The maximum Gasteiger partial charge on any atom is 0.312 e. The Labute approximate surface area is 185 Å². The molecule has 4 rings (SSSR count). The van der Waals surface area contributed by atoms with Gasteiger partial charge in [-0.3, -0.25) is 4.79 Å². The van der Waals surface area contributed by atoms with E-state index < -0.39 is 23.6 Å². The number of carboxylic acids is 1. The van der Waals surface area contributed by atoms with Gasteiger partial charge in [-0.25, -0.2) is 0 Å². The van der Waals surface area contributed by atoms with E-state index >= 15 is 0 Å². The third-order valence-electron chi connectivity index (χ3n) is 5.78. The van der Waals surface area contributed by atoms with Crippen molar-refractivity contribution in [3.8, 4) is 17.2 Å². The molecule has 2 unspecified atom stereocenters. The highest BCUT2D eigenvalue weighted by Crippen LogP contribution is 2.49. The Hall–Kier alpha value is -2.96. The first-order valence-electron chi connectivity index (χ1n) is 9.86. The Balaban J connectivity index is 2.01. The molecule has 2 aromatic carbocycles. The highest BCUT2D eigenvalue weighted by Gasteiger charge is 2.44. The molecule has 0 aliphatic carbocycles. The number of benzene rings is 2. The van der Waals surface area contributed by atoms with Crippen LogP contribution in [-0.2, 0) is 9.53 Å². The van der Waals surface area contributed by atoms with Crippen molar-refractivity contribution in [3.05, 3.63) is 76.6 Å². The second kappa shape index (κ2) is 7.94. The van der Waals surface area contributed by atoms with Crippen LogP contribution in [0, 0.1) is 5.41 Å². The molecule has 0 spiro atoms. The number of nitrogens with zero attached hydrogens (tertiary/aromatic N) is 1. The van der Waals surface area contributed by atoms with E-state index in [1.54, 1.807) is 34.1 Å². The lowest BCUT2D eigenvalue weighted by atomic mass is 9.84. The normalized spacial score (nSPS) is 18.0. The van der Waals surface area contributed by atoms with Gasteiger partial charge >= 0.3 is 5.97 Å². The largest absolute Gasteiger partial charge is 0.493 e. The molecule has 0 saturated carbocycles. The van der Waals surface area contributed by atoms with Crippen molar-refractivity contribution in [2.45, 2.75) is 26.1 Å². The minimum atomic E-state index is -1.20. The van der Waals surface area contributed by atoms with Crippen LogP contribution in [-0.4, -0.2) is 29.9 Å². The Morgan fingerprint density at radius 2 is 1.87 bits per heavy atom. The van der Waals surface area contributed by atoms with E-state index in [2.05, 4.69) is 0 Å². The zero-order chi connectivity index (χ0) is 22.3. The quantitative estimate of drug-likeness (QED) is 0.572. The highest BCUT2D eigenvalue weighted by molar-refractivity contribution is 6.30. The highest BCUT2D eigenvalue weighted by atomic mass is 35.5. The molecule has 0 bridgehead atoms. The molecule has 0 saturated heterocycles. The summed E-state index contributed by atoms with van der Waals surface area (Å²) in [4.78, 5) is 12.2. The number of aromatic nitrogens is 1. The third-order valence-corrected chi connectivity index (χ3v) is 6.01. The number of rotatable bonds is 5. The van der Waals surface area contributed by atoms with E-state index in [4.69, 9.17) is 25.8 Å². The monoisotopic (exact) mass is 441 g/mol. The maximum absolute atomic E-state index is 12.2. The fraction of sp³-hybridized carbons (Fsp3) is 0.292.